The first-order valence-corrected chi connectivity index (χ1v) is 4.87. The van der Waals surface area contributed by atoms with Crippen molar-refractivity contribution >= 4 is 5.95 Å². The molecular formula is C11H14N4. The number of aromatic nitrogens is 3. The SMILES string of the molecule is CNc1nc(C)cn1-c1ccc(C)nc1. The molecule has 0 aliphatic carbocycles. The topological polar surface area (TPSA) is 42.7 Å². The summed E-state index contributed by atoms with van der Waals surface area (Å²) in [5, 5.41) is 3.05. The Morgan fingerprint density at radius 1 is 1.20 bits per heavy atom. The fraction of sp³-hybridized carbons (Fsp3) is 0.273. The number of nitrogens with one attached hydrogen (secondary N) is 1. The van der Waals surface area contributed by atoms with Gasteiger partial charge in [0.15, 0.2) is 0 Å². The molecule has 0 atom stereocenters. The Labute approximate surface area is 89.0 Å². The number of pyridine rings is 1. The van der Waals surface area contributed by atoms with E-state index in [1.165, 1.54) is 0 Å². The van der Waals surface area contributed by atoms with Crippen LogP contribution in [-0.2, 0) is 0 Å². The minimum absolute atomic E-state index is 0.832. The molecule has 0 saturated heterocycles. The third kappa shape index (κ3) is 1.83. The summed E-state index contributed by atoms with van der Waals surface area (Å²) in [5.41, 5.74) is 3.02. The van der Waals surface area contributed by atoms with Crippen molar-refractivity contribution in [1.82, 2.24) is 14.5 Å². The highest BCUT2D eigenvalue weighted by Gasteiger charge is 2.05. The second kappa shape index (κ2) is 3.73. The molecule has 4 heteroatoms. The summed E-state index contributed by atoms with van der Waals surface area (Å²) in [6, 6.07) is 4.02. The second-order valence-corrected chi connectivity index (χ2v) is 3.48. The molecule has 0 bridgehead atoms. The van der Waals surface area contributed by atoms with E-state index in [0.717, 1.165) is 23.0 Å². The highest BCUT2D eigenvalue weighted by molar-refractivity contribution is 5.41. The zero-order valence-corrected chi connectivity index (χ0v) is 9.15. The number of anilines is 1. The van der Waals surface area contributed by atoms with Crippen molar-refractivity contribution in [2.24, 2.45) is 0 Å². The lowest BCUT2D eigenvalue weighted by Gasteiger charge is -2.06. The molecule has 0 saturated carbocycles. The summed E-state index contributed by atoms with van der Waals surface area (Å²) in [4.78, 5) is 8.62. The Kier molecular flexibility index (Phi) is 2.41. The van der Waals surface area contributed by atoms with Crippen LogP contribution in [0.15, 0.2) is 24.5 Å². The molecule has 2 aromatic heterocycles. The van der Waals surface area contributed by atoms with E-state index < -0.39 is 0 Å². The first kappa shape index (κ1) is 9.71. The largest absolute Gasteiger partial charge is 0.358 e. The van der Waals surface area contributed by atoms with E-state index >= 15 is 0 Å². The van der Waals surface area contributed by atoms with Gasteiger partial charge in [0.1, 0.15) is 0 Å². The van der Waals surface area contributed by atoms with Crippen LogP contribution in [0.3, 0.4) is 0 Å². The van der Waals surface area contributed by atoms with E-state index in [4.69, 9.17) is 0 Å². The van der Waals surface area contributed by atoms with Gasteiger partial charge in [-0.2, -0.15) is 0 Å². The standard InChI is InChI=1S/C11H14N4/c1-8-4-5-10(6-13-8)15-7-9(2)14-11(15)12-3/h4-7H,1-3H3,(H,12,14). The maximum Gasteiger partial charge on any atom is 0.207 e. The predicted molar refractivity (Wildman–Crippen MR) is 60.4 cm³/mol. The van der Waals surface area contributed by atoms with Gasteiger partial charge in [0.2, 0.25) is 5.95 Å². The van der Waals surface area contributed by atoms with E-state index in [9.17, 15) is 0 Å². The summed E-state index contributed by atoms with van der Waals surface area (Å²) in [6.45, 7) is 3.95. The molecule has 2 aromatic rings. The molecule has 0 aliphatic heterocycles. The van der Waals surface area contributed by atoms with Gasteiger partial charge in [-0.25, -0.2) is 4.98 Å². The van der Waals surface area contributed by atoms with Gasteiger partial charge in [-0.3, -0.25) is 9.55 Å². The predicted octanol–water partition coefficient (Wildman–Crippen LogP) is 1.93. The number of hydrogen-bond donors (Lipinski definition) is 1. The summed E-state index contributed by atoms with van der Waals surface area (Å²) in [6.07, 6.45) is 3.83. The molecule has 2 heterocycles. The first-order chi connectivity index (χ1) is 7.20. The third-order valence-corrected chi connectivity index (χ3v) is 2.22. The minimum Gasteiger partial charge on any atom is -0.358 e. The van der Waals surface area contributed by atoms with Crippen molar-refractivity contribution in [3.8, 4) is 5.69 Å². The number of aryl methyl sites for hydroxylation is 2. The molecule has 0 aliphatic rings. The van der Waals surface area contributed by atoms with Crippen LogP contribution >= 0.6 is 0 Å². The van der Waals surface area contributed by atoms with Gasteiger partial charge in [0, 0.05) is 18.9 Å². The van der Waals surface area contributed by atoms with Crippen LogP contribution < -0.4 is 5.32 Å². The Balaban J connectivity index is 2.48. The highest BCUT2D eigenvalue weighted by atomic mass is 15.2. The lowest BCUT2D eigenvalue weighted by molar-refractivity contribution is 1.03. The monoisotopic (exact) mass is 202 g/mol. The van der Waals surface area contributed by atoms with Gasteiger partial charge < -0.3 is 5.32 Å². The number of rotatable bonds is 2. The molecule has 0 aromatic carbocycles. The van der Waals surface area contributed by atoms with Crippen LogP contribution in [0, 0.1) is 13.8 Å². The van der Waals surface area contributed by atoms with Crippen molar-refractivity contribution in [3.05, 3.63) is 35.9 Å². The molecule has 0 spiro atoms. The average Bonchev–Trinajstić information content (AvgIpc) is 2.61. The number of imidazole rings is 1. The Hall–Kier alpha value is -1.84. The summed E-state index contributed by atoms with van der Waals surface area (Å²) in [7, 11) is 1.86. The van der Waals surface area contributed by atoms with Crippen LogP contribution in [0.2, 0.25) is 0 Å². The van der Waals surface area contributed by atoms with Gasteiger partial charge >= 0.3 is 0 Å². The van der Waals surface area contributed by atoms with Crippen molar-refractivity contribution in [1.29, 1.82) is 0 Å². The molecule has 78 valence electrons. The van der Waals surface area contributed by atoms with Gasteiger partial charge in [0.05, 0.1) is 17.6 Å². The lowest BCUT2D eigenvalue weighted by Crippen LogP contribution is -2.00. The van der Waals surface area contributed by atoms with Gasteiger partial charge in [-0.15, -0.1) is 0 Å². The van der Waals surface area contributed by atoms with Crippen molar-refractivity contribution < 1.29 is 0 Å². The molecule has 0 amide bonds. The first-order valence-electron chi connectivity index (χ1n) is 4.87. The van der Waals surface area contributed by atoms with E-state index in [1.54, 1.807) is 0 Å². The van der Waals surface area contributed by atoms with Crippen molar-refractivity contribution in [2.45, 2.75) is 13.8 Å². The second-order valence-electron chi connectivity index (χ2n) is 3.48. The highest BCUT2D eigenvalue weighted by Crippen LogP contribution is 2.15. The quantitative estimate of drug-likeness (QED) is 0.809. The fourth-order valence-corrected chi connectivity index (χ4v) is 1.47. The van der Waals surface area contributed by atoms with E-state index in [2.05, 4.69) is 15.3 Å². The molecule has 0 radical (unpaired) electrons. The third-order valence-electron chi connectivity index (χ3n) is 2.22. The zero-order valence-electron chi connectivity index (χ0n) is 9.15. The molecule has 2 rings (SSSR count). The van der Waals surface area contributed by atoms with Crippen molar-refractivity contribution in [2.75, 3.05) is 12.4 Å². The van der Waals surface area contributed by atoms with E-state index in [1.807, 2.05) is 50.0 Å². The number of nitrogens with zero attached hydrogens (tertiary/aromatic N) is 3. The van der Waals surface area contributed by atoms with Crippen molar-refractivity contribution in [3.63, 3.8) is 0 Å². The van der Waals surface area contributed by atoms with Crippen LogP contribution in [0.5, 0.6) is 0 Å². The van der Waals surface area contributed by atoms with Gasteiger partial charge in [-0.1, -0.05) is 0 Å². The summed E-state index contributed by atoms with van der Waals surface area (Å²) >= 11 is 0. The smallest absolute Gasteiger partial charge is 0.207 e. The van der Waals surface area contributed by atoms with E-state index in [0.29, 0.717) is 0 Å². The lowest BCUT2D eigenvalue weighted by atomic mass is 10.3. The maximum atomic E-state index is 4.35. The Bertz CT molecular complexity index is 456. The average molecular weight is 202 g/mol. The Morgan fingerprint density at radius 3 is 2.60 bits per heavy atom. The summed E-state index contributed by atoms with van der Waals surface area (Å²) < 4.78 is 1.99. The summed E-state index contributed by atoms with van der Waals surface area (Å²) in [5.74, 6) is 0.832. The van der Waals surface area contributed by atoms with Gasteiger partial charge in [-0.05, 0) is 26.0 Å². The fourth-order valence-electron chi connectivity index (χ4n) is 1.47. The molecule has 15 heavy (non-hydrogen) atoms. The molecule has 1 N–H and O–H groups in total. The molecular weight excluding hydrogens is 188 g/mol. The molecule has 0 fully saturated rings. The maximum absolute atomic E-state index is 4.35. The number of hydrogen-bond acceptors (Lipinski definition) is 3. The minimum atomic E-state index is 0.832. The Morgan fingerprint density at radius 2 is 2.00 bits per heavy atom. The van der Waals surface area contributed by atoms with E-state index in [-0.39, 0.29) is 0 Å². The van der Waals surface area contributed by atoms with Crippen LogP contribution in [0.4, 0.5) is 5.95 Å². The van der Waals surface area contributed by atoms with Crippen LogP contribution in [0.25, 0.3) is 5.69 Å². The normalized spacial score (nSPS) is 10.3. The molecule has 0 unspecified atom stereocenters. The van der Waals surface area contributed by atoms with Crippen LogP contribution in [-0.4, -0.2) is 21.6 Å². The molecule has 4 nitrogen and oxygen atoms in total. The van der Waals surface area contributed by atoms with Crippen LogP contribution in [0.1, 0.15) is 11.4 Å². The van der Waals surface area contributed by atoms with Gasteiger partial charge in [0.25, 0.3) is 0 Å². The zero-order chi connectivity index (χ0) is 10.8.